The smallest absolute Gasteiger partial charge is 0.284 e. The van der Waals surface area contributed by atoms with E-state index in [0.29, 0.717) is 16.5 Å². The minimum absolute atomic E-state index is 0.271. The van der Waals surface area contributed by atoms with Crippen molar-refractivity contribution in [1.29, 1.82) is 0 Å². The number of carbonyl (C=O) groups is 1. The molecule has 3 N–H and O–H groups in total. The first-order valence-corrected chi connectivity index (χ1v) is 6.27. The highest BCUT2D eigenvalue weighted by molar-refractivity contribution is 7.13. The molecular formula is C12H13N3O3S. The zero-order valence-electron chi connectivity index (χ0n) is 10.5. The number of hydrogen-bond donors (Lipinski definition) is 2. The number of nitrogen functional groups attached to an aromatic ring is 1. The van der Waals surface area contributed by atoms with E-state index in [1.807, 2.05) is 17.6 Å². The first kappa shape index (κ1) is 13.3. The molecule has 7 heteroatoms. The van der Waals surface area contributed by atoms with Gasteiger partial charge < -0.3 is 9.47 Å². The van der Waals surface area contributed by atoms with Crippen molar-refractivity contribution in [1.82, 2.24) is 10.4 Å². The number of aromatic nitrogens is 1. The topological polar surface area (TPSA) is 86.5 Å². The van der Waals surface area contributed by atoms with Crippen LogP contribution in [-0.2, 0) is 0 Å². The highest BCUT2D eigenvalue weighted by Gasteiger charge is 2.16. The fourth-order valence-corrected chi connectivity index (χ4v) is 2.45. The molecule has 0 aliphatic heterocycles. The quantitative estimate of drug-likeness (QED) is 0.502. The number of hydrazine groups is 1. The zero-order valence-corrected chi connectivity index (χ0v) is 11.3. The van der Waals surface area contributed by atoms with Crippen molar-refractivity contribution in [2.45, 2.75) is 0 Å². The maximum atomic E-state index is 11.4. The van der Waals surface area contributed by atoms with Crippen LogP contribution in [0.3, 0.4) is 0 Å². The average molecular weight is 279 g/mol. The van der Waals surface area contributed by atoms with Gasteiger partial charge in [0.1, 0.15) is 10.7 Å². The molecule has 0 fully saturated rings. The van der Waals surface area contributed by atoms with Crippen LogP contribution in [0.1, 0.15) is 10.5 Å². The zero-order chi connectivity index (χ0) is 13.8. The largest absolute Gasteiger partial charge is 0.493 e. The molecule has 0 saturated heterocycles. The number of benzene rings is 1. The van der Waals surface area contributed by atoms with Crippen molar-refractivity contribution in [2.75, 3.05) is 14.2 Å². The summed E-state index contributed by atoms with van der Waals surface area (Å²) in [7, 11) is 3.12. The predicted octanol–water partition coefficient (Wildman–Crippen LogP) is 1.43. The highest BCUT2D eigenvalue weighted by Crippen LogP contribution is 2.38. The number of carbonyl (C=O) groups excluding carboxylic acids is 1. The number of thiazole rings is 1. The van der Waals surface area contributed by atoms with Crippen LogP contribution in [0.5, 0.6) is 11.5 Å². The Morgan fingerprint density at radius 1 is 1.37 bits per heavy atom. The third-order valence-electron chi connectivity index (χ3n) is 2.50. The number of ether oxygens (including phenoxy) is 2. The maximum absolute atomic E-state index is 11.4. The second-order valence-electron chi connectivity index (χ2n) is 3.55. The molecule has 6 nitrogen and oxygen atoms in total. The summed E-state index contributed by atoms with van der Waals surface area (Å²) in [6.07, 6.45) is 0. The van der Waals surface area contributed by atoms with E-state index in [9.17, 15) is 4.79 Å². The standard InChI is InChI=1S/C12H13N3O3S/c1-17-9-5-3-4-7(10(9)18-2)12-14-8(6-19-12)11(16)15-13/h3-6H,13H2,1-2H3,(H,15,16). The van der Waals surface area contributed by atoms with Crippen LogP contribution in [0, 0.1) is 0 Å². The molecule has 0 atom stereocenters. The number of hydrogen-bond acceptors (Lipinski definition) is 6. The Bertz CT molecular complexity index is 598. The third-order valence-corrected chi connectivity index (χ3v) is 3.38. The number of nitrogens with zero attached hydrogens (tertiary/aromatic N) is 1. The third kappa shape index (κ3) is 2.51. The van der Waals surface area contributed by atoms with Gasteiger partial charge in [0, 0.05) is 5.38 Å². The number of nitrogens with two attached hydrogens (primary N) is 1. The van der Waals surface area contributed by atoms with E-state index in [1.54, 1.807) is 25.7 Å². The predicted molar refractivity (Wildman–Crippen MR) is 72.3 cm³/mol. The summed E-state index contributed by atoms with van der Waals surface area (Å²) in [5, 5.41) is 2.30. The van der Waals surface area contributed by atoms with Crippen molar-refractivity contribution in [3.05, 3.63) is 29.3 Å². The van der Waals surface area contributed by atoms with Gasteiger partial charge in [0.25, 0.3) is 5.91 Å². The molecule has 0 spiro atoms. The Labute approximate surface area is 114 Å². The summed E-state index contributed by atoms with van der Waals surface area (Å²) in [5.41, 5.74) is 3.08. The first-order chi connectivity index (χ1) is 9.21. The van der Waals surface area contributed by atoms with Gasteiger partial charge in [0.05, 0.1) is 19.8 Å². The van der Waals surface area contributed by atoms with Gasteiger partial charge in [0.15, 0.2) is 11.5 Å². The summed E-state index contributed by atoms with van der Waals surface area (Å²) in [6.45, 7) is 0. The number of methoxy groups -OCH3 is 2. The van der Waals surface area contributed by atoms with Crippen LogP contribution < -0.4 is 20.7 Å². The molecule has 1 heterocycles. The molecule has 2 aromatic rings. The Balaban J connectivity index is 2.47. The SMILES string of the molecule is COc1cccc(-c2nc(C(=O)NN)cs2)c1OC. The Kier molecular flexibility index (Phi) is 3.98. The molecule has 0 radical (unpaired) electrons. The van der Waals surface area contributed by atoms with E-state index >= 15 is 0 Å². The van der Waals surface area contributed by atoms with E-state index < -0.39 is 5.91 Å². The van der Waals surface area contributed by atoms with E-state index in [-0.39, 0.29) is 5.69 Å². The number of nitrogens with one attached hydrogen (secondary N) is 1. The Hall–Kier alpha value is -2.12. The van der Waals surface area contributed by atoms with Crippen LogP contribution in [-0.4, -0.2) is 25.1 Å². The molecule has 0 unspecified atom stereocenters. The van der Waals surface area contributed by atoms with Gasteiger partial charge in [-0.1, -0.05) is 6.07 Å². The summed E-state index contributed by atoms with van der Waals surface area (Å²) in [4.78, 5) is 15.6. The van der Waals surface area contributed by atoms with Crippen LogP contribution in [0.25, 0.3) is 10.6 Å². The van der Waals surface area contributed by atoms with Gasteiger partial charge in [-0.05, 0) is 12.1 Å². The van der Waals surface area contributed by atoms with Gasteiger partial charge in [-0.2, -0.15) is 0 Å². The average Bonchev–Trinajstić information content (AvgIpc) is 2.95. The highest BCUT2D eigenvalue weighted by atomic mass is 32.1. The molecule has 100 valence electrons. The summed E-state index contributed by atoms with van der Waals surface area (Å²) >= 11 is 1.33. The van der Waals surface area contributed by atoms with Crippen LogP contribution >= 0.6 is 11.3 Å². The molecular weight excluding hydrogens is 266 g/mol. The van der Waals surface area contributed by atoms with Gasteiger partial charge in [-0.3, -0.25) is 10.2 Å². The summed E-state index contributed by atoms with van der Waals surface area (Å²) in [6, 6.07) is 5.48. The summed E-state index contributed by atoms with van der Waals surface area (Å²) < 4.78 is 10.6. The number of rotatable bonds is 4. The molecule has 2 rings (SSSR count). The second-order valence-corrected chi connectivity index (χ2v) is 4.41. The molecule has 19 heavy (non-hydrogen) atoms. The van der Waals surface area contributed by atoms with Gasteiger partial charge in [-0.15, -0.1) is 11.3 Å². The van der Waals surface area contributed by atoms with Crippen LogP contribution in [0.2, 0.25) is 0 Å². The molecule has 0 saturated carbocycles. The summed E-state index contributed by atoms with van der Waals surface area (Å²) in [5.74, 6) is 5.84. The van der Waals surface area contributed by atoms with E-state index in [0.717, 1.165) is 5.56 Å². The van der Waals surface area contributed by atoms with Crippen molar-refractivity contribution in [2.24, 2.45) is 5.84 Å². The second kappa shape index (κ2) is 5.68. The van der Waals surface area contributed by atoms with Crippen molar-refractivity contribution < 1.29 is 14.3 Å². The molecule has 0 bridgehead atoms. The lowest BCUT2D eigenvalue weighted by Crippen LogP contribution is -2.30. The number of amides is 1. The molecule has 1 amide bonds. The normalized spacial score (nSPS) is 10.1. The lowest BCUT2D eigenvalue weighted by molar-refractivity contribution is 0.0949. The fourth-order valence-electron chi connectivity index (χ4n) is 1.63. The van der Waals surface area contributed by atoms with E-state index in [4.69, 9.17) is 15.3 Å². The molecule has 1 aromatic heterocycles. The lowest BCUT2D eigenvalue weighted by Gasteiger charge is -2.10. The molecule has 0 aliphatic rings. The monoisotopic (exact) mass is 279 g/mol. The van der Waals surface area contributed by atoms with E-state index in [2.05, 4.69) is 4.98 Å². The van der Waals surface area contributed by atoms with Gasteiger partial charge >= 0.3 is 0 Å². The van der Waals surface area contributed by atoms with E-state index in [1.165, 1.54) is 11.3 Å². The van der Waals surface area contributed by atoms with Crippen LogP contribution in [0.4, 0.5) is 0 Å². The van der Waals surface area contributed by atoms with Gasteiger partial charge in [-0.25, -0.2) is 10.8 Å². The van der Waals surface area contributed by atoms with Crippen molar-refractivity contribution in [3.8, 4) is 22.1 Å². The Morgan fingerprint density at radius 2 is 2.16 bits per heavy atom. The molecule has 0 aliphatic carbocycles. The molecule has 1 aromatic carbocycles. The first-order valence-electron chi connectivity index (χ1n) is 5.39. The van der Waals surface area contributed by atoms with Crippen LogP contribution in [0.15, 0.2) is 23.6 Å². The lowest BCUT2D eigenvalue weighted by atomic mass is 10.2. The van der Waals surface area contributed by atoms with Crippen molar-refractivity contribution >= 4 is 17.2 Å². The number of para-hydroxylation sites is 1. The minimum Gasteiger partial charge on any atom is -0.493 e. The Morgan fingerprint density at radius 3 is 2.79 bits per heavy atom. The van der Waals surface area contributed by atoms with Gasteiger partial charge in [0.2, 0.25) is 0 Å². The fraction of sp³-hybridized carbons (Fsp3) is 0.167. The maximum Gasteiger partial charge on any atom is 0.284 e. The minimum atomic E-state index is -0.427. The van der Waals surface area contributed by atoms with Crippen molar-refractivity contribution in [3.63, 3.8) is 0 Å².